The second-order valence-corrected chi connectivity index (χ2v) is 5.61. The summed E-state index contributed by atoms with van der Waals surface area (Å²) in [6.07, 6.45) is 2.36. The number of benzene rings is 1. The number of carbonyl (C=O) groups is 1. The predicted octanol–water partition coefficient (Wildman–Crippen LogP) is 3.15. The fraction of sp³-hybridized carbons (Fsp3) is 0.562. The third kappa shape index (κ3) is 3.51. The fourth-order valence-electron chi connectivity index (χ4n) is 2.81. The molecule has 0 aromatic heterocycles. The average molecular weight is 277 g/mol. The SMILES string of the molecule is COC(=O)c1cc(C)ccc1NC1CC(C)OC(C)C1. The maximum absolute atomic E-state index is 11.9. The Balaban J connectivity index is 2.18. The van der Waals surface area contributed by atoms with Crippen LogP contribution in [-0.4, -0.2) is 31.3 Å². The Hall–Kier alpha value is -1.55. The lowest BCUT2D eigenvalue weighted by Crippen LogP contribution is -2.37. The van der Waals surface area contributed by atoms with E-state index < -0.39 is 0 Å². The molecule has 20 heavy (non-hydrogen) atoms. The number of carbonyl (C=O) groups excluding carboxylic acids is 1. The van der Waals surface area contributed by atoms with E-state index in [0.717, 1.165) is 24.1 Å². The monoisotopic (exact) mass is 277 g/mol. The fourth-order valence-corrected chi connectivity index (χ4v) is 2.81. The summed E-state index contributed by atoms with van der Waals surface area (Å²) in [5.74, 6) is -0.302. The molecule has 110 valence electrons. The van der Waals surface area contributed by atoms with Crippen molar-refractivity contribution in [2.75, 3.05) is 12.4 Å². The lowest BCUT2D eigenvalue weighted by Gasteiger charge is -2.33. The van der Waals surface area contributed by atoms with Gasteiger partial charge in [-0.25, -0.2) is 4.79 Å². The highest BCUT2D eigenvalue weighted by atomic mass is 16.5. The van der Waals surface area contributed by atoms with E-state index in [1.165, 1.54) is 7.11 Å². The van der Waals surface area contributed by atoms with Gasteiger partial charge in [0.2, 0.25) is 0 Å². The number of esters is 1. The van der Waals surface area contributed by atoms with Crippen molar-refractivity contribution < 1.29 is 14.3 Å². The molecular formula is C16H23NO3. The number of ether oxygens (including phenoxy) is 2. The predicted molar refractivity (Wildman–Crippen MR) is 79.2 cm³/mol. The zero-order chi connectivity index (χ0) is 14.7. The van der Waals surface area contributed by atoms with Crippen molar-refractivity contribution in [1.29, 1.82) is 0 Å². The molecule has 4 heteroatoms. The van der Waals surface area contributed by atoms with Crippen LogP contribution in [0, 0.1) is 6.92 Å². The van der Waals surface area contributed by atoms with E-state index >= 15 is 0 Å². The van der Waals surface area contributed by atoms with Gasteiger partial charge in [0.05, 0.1) is 24.9 Å². The van der Waals surface area contributed by atoms with Gasteiger partial charge in [0.25, 0.3) is 0 Å². The lowest BCUT2D eigenvalue weighted by molar-refractivity contribution is -0.0337. The Bertz CT molecular complexity index is 477. The summed E-state index contributed by atoms with van der Waals surface area (Å²) in [5, 5.41) is 3.47. The van der Waals surface area contributed by atoms with Crippen LogP contribution in [0.2, 0.25) is 0 Å². The van der Waals surface area contributed by atoms with Crippen LogP contribution >= 0.6 is 0 Å². The van der Waals surface area contributed by atoms with Crippen LogP contribution in [-0.2, 0) is 9.47 Å². The van der Waals surface area contributed by atoms with Crippen molar-refractivity contribution in [3.05, 3.63) is 29.3 Å². The van der Waals surface area contributed by atoms with Crippen LogP contribution in [0.3, 0.4) is 0 Å². The number of rotatable bonds is 3. The molecule has 1 fully saturated rings. The molecule has 1 saturated heterocycles. The van der Waals surface area contributed by atoms with Crippen LogP contribution in [0.5, 0.6) is 0 Å². The average Bonchev–Trinajstić information content (AvgIpc) is 2.38. The third-order valence-corrected chi connectivity index (χ3v) is 3.64. The number of anilines is 1. The standard InChI is InChI=1S/C16H23NO3/c1-10-5-6-15(14(7-10)16(18)19-4)17-13-8-11(2)20-12(3)9-13/h5-7,11-13,17H,8-9H2,1-4H3. The van der Waals surface area contributed by atoms with Crippen LogP contribution in [0.4, 0.5) is 5.69 Å². The molecule has 0 amide bonds. The van der Waals surface area contributed by atoms with Gasteiger partial charge in [-0.05, 0) is 45.7 Å². The van der Waals surface area contributed by atoms with Crippen molar-refractivity contribution in [2.45, 2.75) is 51.9 Å². The first-order chi connectivity index (χ1) is 9.49. The summed E-state index contributed by atoms with van der Waals surface area (Å²) >= 11 is 0. The van der Waals surface area contributed by atoms with Gasteiger partial charge >= 0.3 is 5.97 Å². The second kappa shape index (κ2) is 6.27. The molecule has 0 radical (unpaired) electrons. The molecule has 1 aliphatic rings. The topological polar surface area (TPSA) is 47.6 Å². The van der Waals surface area contributed by atoms with Gasteiger partial charge < -0.3 is 14.8 Å². The van der Waals surface area contributed by atoms with Crippen molar-refractivity contribution in [2.24, 2.45) is 0 Å². The highest BCUT2D eigenvalue weighted by Gasteiger charge is 2.25. The number of nitrogens with one attached hydrogen (secondary N) is 1. The van der Waals surface area contributed by atoms with E-state index in [0.29, 0.717) is 11.6 Å². The first-order valence-corrected chi connectivity index (χ1v) is 7.10. The molecule has 1 aromatic carbocycles. The van der Waals surface area contributed by atoms with E-state index in [-0.39, 0.29) is 18.2 Å². The number of hydrogen-bond acceptors (Lipinski definition) is 4. The summed E-state index contributed by atoms with van der Waals surface area (Å²) in [7, 11) is 1.41. The molecule has 2 rings (SSSR count). The molecule has 1 aromatic rings. The lowest BCUT2D eigenvalue weighted by atomic mass is 9.98. The molecule has 2 atom stereocenters. The van der Waals surface area contributed by atoms with Crippen molar-refractivity contribution in [1.82, 2.24) is 0 Å². The Morgan fingerprint density at radius 1 is 1.30 bits per heavy atom. The van der Waals surface area contributed by atoms with Gasteiger partial charge in [-0.1, -0.05) is 11.6 Å². The van der Waals surface area contributed by atoms with Gasteiger partial charge in [0, 0.05) is 11.7 Å². The van der Waals surface area contributed by atoms with Crippen LogP contribution in [0.25, 0.3) is 0 Å². The van der Waals surface area contributed by atoms with E-state index in [4.69, 9.17) is 9.47 Å². The maximum Gasteiger partial charge on any atom is 0.339 e. The van der Waals surface area contributed by atoms with Crippen molar-refractivity contribution in [3.63, 3.8) is 0 Å². The Labute approximate surface area is 120 Å². The quantitative estimate of drug-likeness (QED) is 0.862. The summed E-state index contributed by atoms with van der Waals surface area (Å²) in [4.78, 5) is 11.9. The van der Waals surface area contributed by atoms with Gasteiger partial charge in [-0.15, -0.1) is 0 Å². The highest BCUT2D eigenvalue weighted by Crippen LogP contribution is 2.25. The van der Waals surface area contributed by atoms with Gasteiger partial charge in [-0.2, -0.15) is 0 Å². The summed E-state index contributed by atoms with van der Waals surface area (Å²) in [5.41, 5.74) is 2.48. The van der Waals surface area contributed by atoms with Gasteiger partial charge in [0.15, 0.2) is 0 Å². The third-order valence-electron chi connectivity index (χ3n) is 3.64. The molecule has 0 saturated carbocycles. The van der Waals surface area contributed by atoms with E-state index in [9.17, 15) is 4.79 Å². The molecular weight excluding hydrogens is 254 g/mol. The first-order valence-electron chi connectivity index (χ1n) is 7.10. The smallest absolute Gasteiger partial charge is 0.339 e. The minimum absolute atomic E-state index is 0.239. The zero-order valence-corrected chi connectivity index (χ0v) is 12.6. The van der Waals surface area contributed by atoms with Crippen LogP contribution in [0.15, 0.2) is 18.2 Å². The zero-order valence-electron chi connectivity index (χ0n) is 12.6. The summed E-state index contributed by atoms with van der Waals surface area (Å²) < 4.78 is 10.6. The van der Waals surface area contributed by atoms with Crippen LogP contribution < -0.4 is 5.32 Å². The van der Waals surface area contributed by atoms with Gasteiger partial charge in [0.1, 0.15) is 0 Å². The Morgan fingerprint density at radius 3 is 2.55 bits per heavy atom. The second-order valence-electron chi connectivity index (χ2n) is 5.61. The molecule has 0 aliphatic carbocycles. The number of aryl methyl sites for hydroxylation is 1. The van der Waals surface area contributed by atoms with Crippen molar-refractivity contribution in [3.8, 4) is 0 Å². The molecule has 1 aliphatic heterocycles. The minimum Gasteiger partial charge on any atom is -0.465 e. The summed E-state index contributed by atoms with van der Waals surface area (Å²) in [6.45, 7) is 6.14. The van der Waals surface area contributed by atoms with E-state index in [2.05, 4.69) is 19.2 Å². The van der Waals surface area contributed by atoms with Crippen molar-refractivity contribution >= 4 is 11.7 Å². The van der Waals surface area contributed by atoms with E-state index in [1.54, 1.807) is 0 Å². The molecule has 2 unspecified atom stereocenters. The normalized spacial score (nSPS) is 26.1. The molecule has 1 heterocycles. The molecule has 0 bridgehead atoms. The van der Waals surface area contributed by atoms with Crippen LogP contribution in [0.1, 0.15) is 42.6 Å². The highest BCUT2D eigenvalue weighted by molar-refractivity contribution is 5.95. The largest absolute Gasteiger partial charge is 0.465 e. The Morgan fingerprint density at radius 2 is 1.95 bits per heavy atom. The maximum atomic E-state index is 11.9. The molecule has 0 spiro atoms. The Kier molecular flexibility index (Phi) is 4.65. The summed E-state index contributed by atoms with van der Waals surface area (Å²) in [6, 6.07) is 6.13. The minimum atomic E-state index is -0.302. The number of hydrogen-bond donors (Lipinski definition) is 1. The molecule has 4 nitrogen and oxygen atoms in total. The van der Waals surface area contributed by atoms with Gasteiger partial charge in [-0.3, -0.25) is 0 Å². The van der Waals surface area contributed by atoms with E-state index in [1.807, 2.05) is 25.1 Å². The first kappa shape index (κ1) is 14.9. The molecule has 1 N–H and O–H groups in total. The number of methoxy groups -OCH3 is 1.